The summed E-state index contributed by atoms with van der Waals surface area (Å²) in [4.78, 5) is 22.9. The van der Waals surface area contributed by atoms with Crippen LogP contribution in [0.1, 0.15) is 41.6 Å². The molecule has 1 fully saturated rings. The summed E-state index contributed by atoms with van der Waals surface area (Å²) in [6, 6.07) is 4.81. The van der Waals surface area contributed by atoms with Crippen molar-refractivity contribution in [2.75, 3.05) is 5.32 Å². The van der Waals surface area contributed by atoms with Gasteiger partial charge in [0.15, 0.2) is 0 Å². The zero-order valence-corrected chi connectivity index (χ0v) is 10.9. The third-order valence-electron chi connectivity index (χ3n) is 3.34. The van der Waals surface area contributed by atoms with E-state index in [0.29, 0.717) is 5.69 Å². The van der Waals surface area contributed by atoms with Crippen molar-refractivity contribution < 1.29 is 14.7 Å². The van der Waals surface area contributed by atoms with E-state index in [0.717, 1.165) is 31.2 Å². The Kier molecular flexibility index (Phi) is 4.04. The van der Waals surface area contributed by atoms with Gasteiger partial charge >= 0.3 is 12.0 Å². The number of carbonyl (C=O) groups is 2. The fourth-order valence-electron chi connectivity index (χ4n) is 2.36. The molecule has 1 aliphatic carbocycles. The van der Waals surface area contributed by atoms with Crippen LogP contribution in [-0.2, 0) is 0 Å². The van der Waals surface area contributed by atoms with Crippen molar-refractivity contribution >= 4 is 17.7 Å². The summed E-state index contributed by atoms with van der Waals surface area (Å²) in [5.41, 5.74) is 1.29. The number of urea groups is 1. The molecule has 1 aliphatic rings. The molecule has 0 spiro atoms. The van der Waals surface area contributed by atoms with Gasteiger partial charge in [-0.25, -0.2) is 9.59 Å². The molecule has 5 nitrogen and oxygen atoms in total. The lowest BCUT2D eigenvalue weighted by molar-refractivity contribution is 0.0698. The molecular weight excluding hydrogens is 244 g/mol. The van der Waals surface area contributed by atoms with Crippen LogP contribution in [0.3, 0.4) is 0 Å². The summed E-state index contributed by atoms with van der Waals surface area (Å²) in [6.07, 6.45) is 4.26. The molecule has 2 rings (SSSR count). The van der Waals surface area contributed by atoms with E-state index in [2.05, 4.69) is 10.6 Å². The number of aryl methyl sites for hydroxylation is 1. The lowest BCUT2D eigenvalue weighted by Gasteiger charge is -2.14. The van der Waals surface area contributed by atoms with Crippen molar-refractivity contribution in [2.24, 2.45) is 0 Å². The summed E-state index contributed by atoms with van der Waals surface area (Å²) in [7, 11) is 0. The number of hydrogen-bond donors (Lipinski definition) is 3. The van der Waals surface area contributed by atoms with Crippen molar-refractivity contribution in [3.8, 4) is 0 Å². The molecule has 3 N–H and O–H groups in total. The molecule has 1 aromatic rings. The Morgan fingerprint density at radius 1 is 1.26 bits per heavy atom. The summed E-state index contributed by atoms with van der Waals surface area (Å²) < 4.78 is 0. The number of carboxylic acids is 1. The second-order valence-electron chi connectivity index (χ2n) is 4.93. The first kappa shape index (κ1) is 13.4. The van der Waals surface area contributed by atoms with Crippen LogP contribution in [0.15, 0.2) is 18.2 Å². The van der Waals surface area contributed by atoms with E-state index in [1.54, 1.807) is 18.2 Å². The Labute approximate surface area is 112 Å². The number of anilines is 1. The van der Waals surface area contributed by atoms with E-state index in [1.807, 2.05) is 6.92 Å². The van der Waals surface area contributed by atoms with Crippen molar-refractivity contribution in [1.82, 2.24) is 5.32 Å². The van der Waals surface area contributed by atoms with Crippen molar-refractivity contribution in [2.45, 2.75) is 38.6 Å². The average Bonchev–Trinajstić information content (AvgIpc) is 2.83. The SMILES string of the molecule is Cc1ccc(NC(=O)NC2CCCC2)c(C(=O)O)c1. The molecule has 0 aliphatic heterocycles. The first-order valence-corrected chi connectivity index (χ1v) is 6.48. The van der Waals surface area contributed by atoms with E-state index in [9.17, 15) is 9.59 Å². The number of amides is 2. The molecular formula is C14H18N2O3. The lowest BCUT2D eigenvalue weighted by atomic mass is 10.1. The van der Waals surface area contributed by atoms with E-state index >= 15 is 0 Å². The van der Waals surface area contributed by atoms with Gasteiger partial charge in [-0.1, -0.05) is 24.5 Å². The summed E-state index contributed by atoms with van der Waals surface area (Å²) in [5.74, 6) is -1.04. The molecule has 1 saturated carbocycles. The fourth-order valence-corrected chi connectivity index (χ4v) is 2.36. The van der Waals surface area contributed by atoms with Gasteiger partial charge in [0.1, 0.15) is 0 Å². The Morgan fingerprint density at radius 3 is 2.58 bits per heavy atom. The van der Waals surface area contributed by atoms with Crippen LogP contribution in [0.25, 0.3) is 0 Å². The third-order valence-corrected chi connectivity index (χ3v) is 3.34. The van der Waals surface area contributed by atoms with Gasteiger partial charge in [0.25, 0.3) is 0 Å². The third kappa shape index (κ3) is 3.47. The Hall–Kier alpha value is -2.04. The normalized spacial score (nSPS) is 15.2. The second-order valence-corrected chi connectivity index (χ2v) is 4.93. The average molecular weight is 262 g/mol. The predicted molar refractivity (Wildman–Crippen MR) is 72.5 cm³/mol. The van der Waals surface area contributed by atoms with Crippen LogP contribution >= 0.6 is 0 Å². The van der Waals surface area contributed by atoms with Crippen LogP contribution in [0, 0.1) is 6.92 Å². The lowest BCUT2D eigenvalue weighted by Crippen LogP contribution is -2.36. The molecule has 0 radical (unpaired) electrons. The van der Waals surface area contributed by atoms with Gasteiger partial charge in [-0.05, 0) is 31.9 Å². The summed E-state index contributed by atoms with van der Waals surface area (Å²) in [6.45, 7) is 1.81. The van der Waals surface area contributed by atoms with Gasteiger partial charge in [0.2, 0.25) is 0 Å². The molecule has 0 heterocycles. The van der Waals surface area contributed by atoms with Crippen molar-refractivity contribution in [3.05, 3.63) is 29.3 Å². The van der Waals surface area contributed by atoms with Crippen LogP contribution in [0.2, 0.25) is 0 Å². The van der Waals surface area contributed by atoms with Crippen LogP contribution in [-0.4, -0.2) is 23.1 Å². The zero-order chi connectivity index (χ0) is 13.8. The van der Waals surface area contributed by atoms with E-state index in [4.69, 9.17) is 5.11 Å². The molecule has 0 atom stereocenters. The molecule has 0 bridgehead atoms. The monoisotopic (exact) mass is 262 g/mol. The van der Waals surface area contributed by atoms with Crippen LogP contribution in [0.4, 0.5) is 10.5 Å². The maximum atomic E-state index is 11.8. The standard InChI is InChI=1S/C14H18N2O3/c1-9-6-7-12(11(8-9)13(17)18)16-14(19)15-10-4-2-3-5-10/h6-8,10H,2-5H2,1H3,(H,17,18)(H2,15,16,19). The number of hydrogen-bond acceptors (Lipinski definition) is 2. The van der Waals surface area contributed by atoms with Gasteiger partial charge in [0.05, 0.1) is 11.3 Å². The van der Waals surface area contributed by atoms with Gasteiger partial charge < -0.3 is 15.7 Å². The van der Waals surface area contributed by atoms with E-state index in [1.165, 1.54) is 0 Å². The Balaban J connectivity index is 2.05. The number of nitrogens with one attached hydrogen (secondary N) is 2. The smallest absolute Gasteiger partial charge is 0.337 e. The second kappa shape index (κ2) is 5.73. The summed E-state index contributed by atoms with van der Waals surface area (Å²) >= 11 is 0. The van der Waals surface area contributed by atoms with Crippen molar-refractivity contribution in [3.63, 3.8) is 0 Å². The Morgan fingerprint density at radius 2 is 1.95 bits per heavy atom. The highest BCUT2D eigenvalue weighted by Crippen LogP contribution is 2.19. The largest absolute Gasteiger partial charge is 0.478 e. The maximum Gasteiger partial charge on any atom is 0.337 e. The minimum atomic E-state index is -1.04. The van der Waals surface area contributed by atoms with Gasteiger partial charge in [-0.15, -0.1) is 0 Å². The molecule has 0 saturated heterocycles. The minimum Gasteiger partial charge on any atom is -0.478 e. The highest BCUT2D eigenvalue weighted by molar-refractivity contribution is 6.00. The Bertz CT molecular complexity index is 493. The zero-order valence-electron chi connectivity index (χ0n) is 10.9. The number of carboxylic acid groups (broad SMARTS) is 1. The number of aromatic carboxylic acids is 1. The molecule has 102 valence electrons. The predicted octanol–water partition coefficient (Wildman–Crippen LogP) is 2.76. The topological polar surface area (TPSA) is 78.4 Å². The maximum absolute atomic E-state index is 11.8. The highest BCUT2D eigenvalue weighted by atomic mass is 16.4. The van der Waals surface area contributed by atoms with Crippen molar-refractivity contribution in [1.29, 1.82) is 0 Å². The van der Waals surface area contributed by atoms with Gasteiger partial charge in [-0.2, -0.15) is 0 Å². The molecule has 0 unspecified atom stereocenters. The molecule has 19 heavy (non-hydrogen) atoms. The van der Waals surface area contributed by atoms with E-state index in [-0.39, 0.29) is 17.6 Å². The molecule has 2 amide bonds. The highest BCUT2D eigenvalue weighted by Gasteiger charge is 2.18. The first-order chi connectivity index (χ1) is 9.06. The minimum absolute atomic E-state index is 0.113. The molecule has 5 heteroatoms. The number of carbonyl (C=O) groups excluding carboxylic acids is 1. The van der Waals surface area contributed by atoms with E-state index < -0.39 is 5.97 Å². The van der Waals surface area contributed by atoms with Crippen LogP contribution < -0.4 is 10.6 Å². The number of benzene rings is 1. The number of rotatable bonds is 3. The molecule has 0 aromatic heterocycles. The van der Waals surface area contributed by atoms with Crippen LogP contribution in [0.5, 0.6) is 0 Å². The fraction of sp³-hybridized carbons (Fsp3) is 0.429. The summed E-state index contributed by atoms with van der Waals surface area (Å²) in [5, 5.41) is 14.6. The first-order valence-electron chi connectivity index (χ1n) is 6.48. The molecule has 1 aromatic carbocycles. The quantitative estimate of drug-likeness (QED) is 0.783. The van der Waals surface area contributed by atoms with Gasteiger partial charge in [0, 0.05) is 6.04 Å². The van der Waals surface area contributed by atoms with Gasteiger partial charge in [-0.3, -0.25) is 0 Å².